The Hall–Kier alpha value is -3.13. The summed E-state index contributed by atoms with van der Waals surface area (Å²) in [5, 5.41) is 5.36. The normalized spacial score (nSPS) is 19.6. The van der Waals surface area contributed by atoms with Crippen molar-refractivity contribution in [1.82, 2.24) is 10.6 Å². The first kappa shape index (κ1) is 22.6. The molecule has 0 radical (unpaired) electrons. The lowest BCUT2D eigenvalue weighted by Crippen LogP contribution is -2.54. The Kier molecular flexibility index (Phi) is 7.12. The van der Waals surface area contributed by atoms with Crippen LogP contribution < -0.4 is 15.4 Å². The minimum Gasteiger partial charge on any atom is -0.469 e. The van der Waals surface area contributed by atoms with E-state index in [0.717, 1.165) is 5.56 Å². The fraction of sp³-hybridized carbons (Fsp3) is 0.435. The molecule has 0 saturated carbocycles. The minimum atomic E-state index is -0.904. The zero-order chi connectivity index (χ0) is 22.4. The topological polar surface area (TPSA) is 107 Å². The summed E-state index contributed by atoms with van der Waals surface area (Å²) in [6.07, 6.45) is 2.50. The molecule has 0 unspecified atom stereocenters. The second kappa shape index (κ2) is 9.78. The molecule has 3 rings (SSSR count). The van der Waals surface area contributed by atoms with Crippen molar-refractivity contribution >= 4 is 17.8 Å². The third-order valence-corrected chi connectivity index (χ3v) is 5.20. The third-order valence-electron chi connectivity index (χ3n) is 5.20. The van der Waals surface area contributed by atoms with Gasteiger partial charge in [0.1, 0.15) is 25.0 Å². The standard InChI is InChI=1S/C23H28N2O6/c1-15-20(19(26)14-30-15)25-21(27)18(24-22(28)31-17-9-10-29-13-17)12-23(2,3)11-16-7-5-4-6-8-16/h4-10,13,15,18,20H,11-12,14H2,1-3H3,(H,24,28)(H,25,27)/t15-,18-,20-/m0/s1. The molecule has 2 amide bonds. The number of rotatable bonds is 8. The van der Waals surface area contributed by atoms with E-state index < -0.39 is 30.2 Å². The summed E-state index contributed by atoms with van der Waals surface area (Å²) in [5.74, 6) is -0.418. The smallest absolute Gasteiger partial charge is 0.413 e. The molecular weight excluding hydrogens is 400 g/mol. The molecule has 31 heavy (non-hydrogen) atoms. The Morgan fingerprint density at radius 1 is 1.23 bits per heavy atom. The summed E-state index contributed by atoms with van der Waals surface area (Å²) in [6.45, 7) is 5.74. The summed E-state index contributed by atoms with van der Waals surface area (Å²) in [6, 6.07) is 9.76. The number of carbonyl (C=O) groups excluding carboxylic acids is 3. The van der Waals surface area contributed by atoms with Gasteiger partial charge in [-0.3, -0.25) is 9.59 Å². The van der Waals surface area contributed by atoms with Gasteiger partial charge in [-0.2, -0.15) is 0 Å². The maximum absolute atomic E-state index is 13.1. The molecule has 8 nitrogen and oxygen atoms in total. The average molecular weight is 428 g/mol. The highest BCUT2D eigenvalue weighted by molar-refractivity contribution is 5.94. The number of furan rings is 1. The highest BCUT2D eigenvalue weighted by atomic mass is 16.6. The predicted molar refractivity (Wildman–Crippen MR) is 113 cm³/mol. The van der Waals surface area contributed by atoms with Crippen LogP contribution in [-0.4, -0.2) is 42.6 Å². The van der Waals surface area contributed by atoms with Crippen LogP contribution in [0.3, 0.4) is 0 Å². The van der Waals surface area contributed by atoms with Crippen LogP contribution in [0.15, 0.2) is 53.3 Å². The fourth-order valence-electron chi connectivity index (χ4n) is 3.68. The van der Waals surface area contributed by atoms with E-state index in [1.54, 1.807) is 6.92 Å². The minimum absolute atomic E-state index is 0.0355. The van der Waals surface area contributed by atoms with Crippen molar-refractivity contribution in [2.75, 3.05) is 6.61 Å². The average Bonchev–Trinajstić information content (AvgIpc) is 3.32. The first-order valence-electron chi connectivity index (χ1n) is 10.2. The van der Waals surface area contributed by atoms with E-state index >= 15 is 0 Å². The molecule has 166 valence electrons. The molecule has 1 aromatic carbocycles. The van der Waals surface area contributed by atoms with Crippen molar-refractivity contribution in [1.29, 1.82) is 0 Å². The van der Waals surface area contributed by atoms with Crippen molar-refractivity contribution in [2.45, 2.75) is 51.8 Å². The number of ketones is 1. The van der Waals surface area contributed by atoms with Crippen molar-refractivity contribution in [3.8, 4) is 5.75 Å². The molecule has 2 N–H and O–H groups in total. The lowest BCUT2D eigenvalue weighted by molar-refractivity contribution is -0.128. The predicted octanol–water partition coefficient (Wildman–Crippen LogP) is 2.87. The van der Waals surface area contributed by atoms with Gasteiger partial charge >= 0.3 is 6.09 Å². The van der Waals surface area contributed by atoms with E-state index in [0.29, 0.717) is 12.8 Å². The molecule has 1 fully saturated rings. The second-order valence-corrected chi connectivity index (χ2v) is 8.54. The van der Waals surface area contributed by atoms with Gasteiger partial charge in [0.05, 0.1) is 12.4 Å². The molecule has 2 aromatic rings. The molecule has 3 atom stereocenters. The van der Waals surface area contributed by atoms with Gasteiger partial charge in [0.25, 0.3) is 0 Å². The summed E-state index contributed by atoms with van der Waals surface area (Å²) >= 11 is 0. The molecule has 2 heterocycles. The van der Waals surface area contributed by atoms with Crippen LogP contribution in [0.4, 0.5) is 4.79 Å². The van der Waals surface area contributed by atoms with Crippen LogP contribution >= 0.6 is 0 Å². The van der Waals surface area contributed by atoms with Crippen LogP contribution in [-0.2, 0) is 20.7 Å². The first-order chi connectivity index (χ1) is 14.7. The Labute approximate surface area is 181 Å². The lowest BCUT2D eigenvalue weighted by Gasteiger charge is -2.30. The monoisotopic (exact) mass is 428 g/mol. The number of amides is 2. The zero-order valence-electron chi connectivity index (χ0n) is 17.9. The summed E-state index contributed by atoms with van der Waals surface area (Å²) in [5.41, 5.74) is 0.800. The van der Waals surface area contributed by atoms with Crippen molar-refractivity contribution in [3.05, 3.63) is 54.5 Å². The number of ether oxygens (including phenoxy) is 2. The van der Waals surface area contributed by atoms with Gasteiger partial charge < -0.3 is 24.5 Å². The first-order valence-corrected chi connectivity index (χ1v) is 10.2. The molecule has 0 bridgehead atoms. The van der Waals surface area contributed by atoms with Gasteiger partial charge in [0.2, 0.25) is 5.91 Å². The maximum Gasteiger partial charge on any atom is 0.413 e. The molecule has 1 aromatic heterocycles. The van der Waals surface area contributed by atoms with E-state index in [9.17, 15) is 14.4 Å². The Morgan fingerprint density at radius 3 is 2.58 bits per heavy atom. The van der Waals surface area contributed by atoms with E-state index in [-0.39, 0.29) is 23.6 Å². The second-order valence-electron chi connectivity index (χ2n) is 8.54. The number of hydrogen-bond acceptors (Lipinski definition) is 6. The van der Waals surface area contributed by atoms with Crippen molar-refractivity contribution in [3.63, 3.8) is 0 Å². The van der Waals surface area contributed by atoms with Crippen molar-refractivity contribution in [2.24, 2.45) is 5.41 Å². The number of carbonyl (C=O) groups is 3. The van der Waals surface area contributed by atoms with Gasteiger partial charge in [-0.25, -0.2) is 4.79 Å². The molecule has 1 aliphatic rings. The number of hydrogen-bond donors (Lipinski definition) is 2. The number of nitrogens with one attached hydrogen (secondary N) is 2. The van der Waals surface area contributed by atoms with E-state index in [2.05, 4.69) is 10.6 Å². The quantitative estimate of drug-likeness (QED) is 0.670. The molecule has 1 aliphatic heterocycles. The largest absolute Gasteiger partial charge is 0.469 e. The molecule has 1 saturated heterocycles. The Balaban J connectivity index is 1.71. The van der Waals surface area contributed by atoms with Gasteiger partial charge in [0, 0.05) is 6.07 Å². The lowest BCUT2D eigenvalue weighted by atomic mass is 9.80. The maximum atomic E-state index is 13.1. The number of Topliss-reactive ketones (excluding diaryl/α,β-unsaturated/α-hetero) is 1. The molecular formula is C23H28N2O6. The van der Waals surface area contributed by atoms with Gasteiger partial charge in [-0.05, 0) is 30.7 Å². The Bertz CT molecular complexity index is 894. The van der Waals surface area contributed by atoms with Gasteiger partial charge in [0.15, 0.2) is 11.5 Å². The van der Waals surface area contributed by atoms with E-state index in [4.69, 9.17) is 13.9 Å². The summed E-state index contributed by atoms with van der Waals surface area (Å²) < 4.78 is 15.4. The van der Waals surface area contributed by atoms with Gasteiger partial charge in [-0.15, -0.1) is 0 Å². The van der Waals surface area contributed by atoms with Crippen LogP contribution in [0, 0.1) is 5.41 Å². The van der Waals surface area contributed by atoms with Gasteiger partial charge in [-0.1, -0.05) is 44.2 Å². The Morgan fingerprint density at radius 2 is 1.97 bits per heavy atom. The molecule has 0 aliphatic carbocycles. The van der Waals surface area contributed by atoms with E-state index in [1.165, 1.54) is 18.6 Å². The summed E-state index contributed by atoms with van der Waals surface area (Å²) in [7, 11) is 0. The zero-order valence-corrected chi connectivity index (χ0v) is 17.9. The van der Waals surface area contributed by atoms with Crippen LogP contribution in [0.5, 0.6) is 5.75 Å². The summed E-state index contributed by atoms with van der Waals surface area (Å²) in [4.78, 5) is 37.5. The molecule has 0 spiro atoms. The molecule has 8 heteroatoms. The van der Waals surface area contributed by atoms with Crippen LogP contribution in [0.25, 0.3) is 0 Å². The number of benzene rings is 1. The van der Waals surface area contributed by atoms with Crippen LogP contribution in [0.1, 0.15) is 32.8 Å². The van der Waals surface area contributed by atoms with Crippen molar-refractivity contribution < 1.29 is 28.3 Å². The van der Waals surface area contributed by atoms with E-state index in [1.807, 2.05) is 44.2 Å². The highest BCUT2D eigenvalue weighted by Crippen LogP contribution is 2.28. The highest BCUT2D eigenvalue weighted by Gasteiger charge is 2.37. The fourth-order valence-corrected chi connectivity index (χ4v) is 3.68. The van der Waals surface area contributed by atoms with Crippen LogP contribution in [0.2, 0.25) is 0 Å². The SMILES string of the molecule is C[C@@H]1OCC(=O)[C@H]1NC(=O)[C@H](CC(C)(C)Cc1ccccc1)NC(=O)Oc1ccoc1. The third kappa shape index (κ3) is 6.42.